The maximum Gasteiger partial charge on any atom is 0.229 e. The SMILES string of the molecule is CNC1(COC(CO)CO)N=c2cc(Cl)cc(Cl)c2=N1. The molecule has 0 radical (unpaired) electrons. The third-order valence-electron chi connectivity index (χ3n) is 2.94. The van der Waals surface area contributed by atoms with Crippen molar-refractivity contribution in [1.82, 2.24) is 5.32 Å². The van der Waals surface area contributed by atoms with Gasteiger partial charge in [0.1, 0.15) is 18.1 Å². The Balaban J connectivity index is 2.31. The molecule has 1 unspecified atom stereocenters. The predicted molar refractivity (Wildman–Crippen MR) is 74.5 cm³/mol. The van der Waals surface area contributed by atoms with E-state index >= 15 is 0 Å². The lowest BCUT2D eigenvalue weighted by molar-refractivity contribution is -0.0411. The zero-order valence-corrected chi connectivity index (χ0v) is 12.3. The zero-order chi connectivity index (χ0) is 14.8. The molecule has 8 heteroatoms. The third-order valence-corrected chi connectivity index (χ3v) is 3.44. The first-order valence-electron chi connectivity index (χ1n) is 6.00. The maximum absolute atomic E-state index is 9.01. The number of nitrogens with zero attached hydrogens (tertiary/aromatic N) is 2. The van der Waals surface area contributed by atoms with E-state index in [9.17, 15) is 0 Å². The van der Waals surface area contributed by atoms with E-state index < -0.39 is 11.9 Å². The second-order valence-electron chi connectivity index (χ2n) is 4.34. The van der Waals surface area contributed by atoms with E-state index in [1.165, 1.54) is 0 Å². The largest absolute Gasteiger partial charge is 0.394 e. The summed E-state index contributed by atoms with van der Waals surface area (Å²) >= 11 is 12.0. The summed E-state index contributed by atoms with van der Waals surface area (Å²) in [5.74, 6) is -1.03. The van der Waals surface area contributed by atoms with Crippen LogP contribution in [0.5, 0.6) is 0 Å². The van der Waals surface area contributed by atoms with Gasteiger partial charge in [0.25, 0.3) is 0 Å². The fraction of sp³-hybridized carbons (Fsp3) is 0.500. The van der Waals surface area contributed by atoms with Gasteiger partial charge in [-0.1, -0.05) is 23.2 Å². The summed E-state index contributed by atoms with van der Waals surface area (Å²) in [7, 11) is 1.69. The molecule has 3 N–H and O–H groups in total. The molecule has 0 spiro atoms. The zero-order valence-electron chi connectivity index (χ0n) is 10.8. The Kier molecular flexibility index (Phi) is 4.95. The molecule has 6 nitrogen and oxygen atoms in total. The first kappa shape index (κ1) is 15.6. The van der Waals surface area contributed by atoms with Gasteiger partial charge in [-0.25, -0.2) is 9.98 Å². The van der Waals surface area contributed by atoms with Crippen LogP contribution in [0.25, 0.3) is 0 Å². The highest BCUT2D eigenvalue weighted by molar-refractivity contribution is 6.34. The van der Waals surface area contributed by atoms with Crippen LogP contribution in [0.2, 0.25) is 10.0 Å². The van der Waals surface area contributed by atoms with Gasteiger partial charge in [-0.2, -0.15) is 0 Å². The average molecular weight is 320 g/mol. The molecule has 20 heavy (non-hydrogen) atoms. The Morgan fingerprint density at radius 3 is 2.60 bits per heavy atom. The van der Waals surface area contributed by atoms with Gasteiger partial charge in [0.05, 0.1) is 23.6 Å². The fourth-order valence-electron chi connectivity index (χ4n) is 1.80. The van der Waals surface area contributed by atoms with Crippen molar-refractivity contribution >= 4 is 23.2 Å². The molecule has 0 saturated heterocycles. The lowest BCUT2D eigenvalue weighted by Crippen LogP contribution is -2.45. The highest BCUT2D eigenvalue weighted by Crippen LogP contribution is 2.16. The summed E-state index contributed by atoms with van der Waals surface area (Å²) in [5, 5.41) is 23.0. The number of hydrogen-bond donors (Lipinski definition) is 3. The monoisotopic (exact) mass is 319 g/mol. The summed E-state index contributed by atoms with van der Waals surface area (Å²) in [6, 6.07) is 3.26. The number of hydrogen-bond acceptors (Lipinski definition) is 6. The molecule has 0 amide bonds. The summed E-state index contributed by atoms with van der Waals surface area (Å²) in [6.07, 6.45) is -0.673. The van der Waals surface area contributed by atoms with Crippen LogP contribution in [0.1, 0.15) is 0 Å². The van der Waals surface area contributed by atoms with Gasteiger partial charge >= 0.3 is 0 Å². The molecule has 0 aliphatic carbocycles. The second kappa shape index (κ2) is 6.34. The molecule has 1 aliphatic rings. The summed E-state index contributed by atoms with van der Waals surface area (Å²) in [4.78, 5) is 8.86. The van der Waals surface area contributed by atoms with E-state index in [0.717, 1.165) is 0 Å². The highest BCUT2D eigenvalue weighted by atomic mass is 35.5. The Hall–Kier alpha value is -0.760. The van der Waals surface area contributed by atoms with Gasteiger partial charge < -0.3 is 14.9 Å². The standard InChI is InChI=1S/C12H15Cl2N3O3/c1-15-12(6-20-8(4-18)5-19)16-10-3-7(13)2-9(14)11(10)17-12/h2-3,8,15,18-19H,4-6H2,1H3. The minimum atomic E-state index is -1.03. The van der Waals surface area contributed by atoms with Crippen LogP contribution in [0.4, 0.5) is 0 Å². The summed E-state index contributed by atoms with van der Waals surface area (Å²) in [5.41, 5.74) is 0. The Labute approximate surface area is 125 Å². The molecule has 0 saturated carbocycles. The molecule has 1 aromatic carbocycles. The first-order chi connectivity index (χ1) is 9.53. The van der Waals surface area contributed by atoms with Crippen molar-refractivity contribution in [3.05, 3.63) is 32.9 Å². The number of ether oxygens (including phenoxy) is 1. The van der Waals surface area contributed by atoms with Crippen molar-refractivity contribution in [2.45, 2.75) is 11.9 Å². The number of rotatable bonds is 6. The maximum atomic E-state index is 9.01. The molecule has 0 fully saturated rings. The molecule has 1 aromatic rings. The van der Waals surface area contributed by atoms with E-state index in [2.05, 4.69) is 15.3 Å². The fourth-order valence-corrected chi connectivity index (χ4v) is 2.33. The smallest absolute Gasteiger partial charge is 0.229 e. The van der Waals surface area contributed by atoms with Gasteiger partial charge in [0.2, 0.25) is 5.79 Å². The molecular formula is C12H15Cl2N3O3. The molecule has 0 aromatic heterocycles. The van der Waals surface area contributed by atoms with Crippen molar-refractivity contribution in [2.75, 3.05) is 26.9 Å². The van der Waals surface area contributed by atoms with E-state index in [1.807, 2.05) is 0 Å². The average Bonchev–Trinajstić information content (AvgIpc) is 2.79. The lowest BCUT2D eigenvalue weighted by Gasteiger charge is -2.24. The van der Waals surface area contributed by atoms with Crippen molar-refractivity contribution < 1.29 is 14.9 Å². The lowest BCUT2D eigenvalue weighted by atomic mass is 10.3. The minimum Gasteiger partial charge on any atom is -0.394 e. The second-order valence-corrected chi connectivity index (χ2v) is 5.19. The van der Waals surface area contributed by atoms with Gasteiger partial charge in [0.15, 0.2) is 0 Å². The number of halogens is 2. The number of likely N-dealkylation sites (N-methyl/N-ethyl adjacent to an activating group) is 1. The van der Waals surface area contributed by atoms with Crippen LogP contribution in [0.3, 0.4) is 0 Å². The van der Waals surface area contributed by atoms with Gasteiger partial charge in [0, 0.05) is 5.02 Å². The molecular weight excluding hydrogens is 305 g/mol. The predicted octanol–water partition coefficient (Wildman–Crippen LogP) is -0.511. The van der Waals surface area contributed by atoms with Gasteiger partial charge in [-0.05, 0) is 19.2 Å². The van der Waals surface area contributed by atoms with Gasteiger partial charge in [-0.15, -0.1) is 0 Å². The Morgan fingerprint density at radius 2 is 2.00 bits per heavy atom. The van der Waals surface area contributed by atoms with Crippen LogP contribution < -0.4 is 16.0 Å². The normalized spacial score (nSPS) is 20.7. The first-order valence-corrected chi connectivity index (χ1v) is 6.76. The number of aliphatic hydroxyl groups is 2. The molecule has 1 heterocycles. The number of benzene rings is 1. The number of fused-ring (bicyclic) bond motifs is 1. The van der Waals surface area contributed by atoms with Crippen LogP contribution in [0.15, 0.2) is 22.1 Å². The third kappa shape index (κ3) is 3.11. The topological polar surface area (TPSA) is 86.4 Å². The summed E-state index contributed by atoms with van der Waals surface area (Å²) in [6.45, 7) is -0.510. The van der Waals surface area contributed by atoms with Crippen LogP contribution >= 0.6 is 23.2 Å². The quantitative estimate of drug-likeness (QED) is 0.659. The van der Waals surface area contributed by atoms with Gasteiger partial charge in [-0.3, -0.25) is 5.32 Å². The molecule has 1 aliphatic heterocycles. The van der Waals surface area contributed by atoms with Crippen LogP contribution in [0, 0.1) is 0 Å². The molecule has 110 valence electrons. The van der Waals surface area contributed by atoms with Crippen molar-refractivity contribution in [3.8, 4) is 0 Å². The Morgan fingerprint density at radius 1 is 1.30 bits per heavy atom. The van der Waals surface area contributed by atoms with Crippen LogP contribution in [-0.4, -0.2) is 49.0 Å². The van der Waals surface area contributed by atoms with Crippen molar-refractivity contribution in [1.29, 1.82) is 0 Å². The summed E-state index contributed by atoms with van der Waals surface area (Å²) < 4.78 is 5.39. The van der Waals surface area contributed by atoms with E-state index in [4.69, 9.17) is 38.2 Å². The minimum absolute atomic E-state index is 0.0535. The van der Waals surface area contributed by atoms with Crippen molar-refractivity contribution in [2.24, 2.45) is 9.98 Å². The van der Waals surface area contributed by atoms with E-state index in [0.29, 0.717) is 20.8 Å². The van der Waals surface area contributed by atoms with E-state index in [1.54, 1.807) is 19.2 Å². The van der Waals surface area contributed by atoms with E-state index in [-0.39, 0.29) is 19.8 Å². The molecule has 0 bridgehead atoms. The Bertz CT molecular complexity index is 607. The number of aliphatic hydroxyl groups excluding tert-OH is 2. The van der Waals surface area contributed by atoms with Crippen molar-refractivity contribution in [3.63, 3.8) is 0 Å². The number of nitrogens with one attached hydrogen (secondary N) is 1. The van der Waals surface area contributed by atoms with Crippen LogP contribution in [-0.2, 0) is 4.74 Å². The highest BCUT2D eigenvalue weighted by Gasteiger charge is 2.31. The molecule has 1 atom stereocenters. The molecule has 2 rings (SSSR count).